The minimum Gasteiger partial charge on any atom is -0.337 e. The Kier molecular flexibility index (Phi) is 4.21. The molecule has 1 aliphatic heterocycles. The molecule has 3 aromatic heterocycles. The van der Waals surface area contributed by atoms with Gasteiger partial charge in [0.05, 0.1) is 5.02 Å². The molecule has 6 nitrogen and oxygen atoms in total. The Morgan fingerprint density at radius 3 is 3.04 bits per heavy atom. The number of pyridine rings is 1. The van der Waals surface area contributed by atoms with Crippen LogP contribution in [0.5, 0.6) is 0 Å². The zero-order valence-corrected chi connectivity index (χ0v) is 14.9. The maximum atomic E-state index is 12.9. The maximum absolute atomic E-state index is 12.9. The Balaban J connectivity index is 1.49. The summed E-state index contributed by atoms with van der Waals surface area (Å²) in [6.07, 6.45) is 9.49. The summed E-state index contributed by atoms with van der Waals surface area (Å²) in [7, 11) is 0. The number of aromatic nitrogens is 4. The standard InChI is InChI=1S/C18H20ClN5O/c1-13-20-6-8-22(13)9-14-3-2-7-23(10-14)18(25)16-12-24-11-15(19)4-5-17(24)21-16/h4-6,8,11-12,14H,2-3,7,9-10H2,1H3/t14-/m1/s1. The highest BCUT2D eigenvalue weighted by Gasteiger charge is 2.26. The van der Waals surface area contributed by atoms with Crippen LogP contribution in [0.25, 0.3) is 5.65 Å². The number of hydrogen-bond donors (Lipinski definition) is 0. The van der Waals surface area contributed by atoms with E-state index in [0.717, 1.165) is 43.9 Å². The van der Waals surface area contributed by atoms with E-state index in [9.17, 15) is 4.79 Å². The molecule has 3 aromatic rings. The SMILES string of the molecule is Cc1nccn1C[C@H]1CCCN(C(=O)c2cn3cc(Cl)ccc3n2)C1. The van der Waals surface area contributed by atoms with E-state index in [2.05, 4.69) is 14.5 Å². The van der Waals surface area contributed by atoms with Crippen molar-refractivity contribution in [3.8, 4) is 0 Å². The van der Waals surface area contributed by atoms with Gasteiger partial charge in [0, 0.05) is 44.4 Å². The van der Waals surface area contributed by atoms with Crippen LogP contribution in [0.4, 0.5) is 0 Å². The van der Waals surface area contributed by atoms with Crippen LogP contribution in [0.2, 0.25) is 5.02 Å². The normalized spacial score (nSPS) is 18.0. The molecule has 0 saturated carbocycles. The second-order valence-corrected chi connectivity index (χ2v) is 7.06. The summed E-state index contributed by atoms with van der Waals surface area (Å²) in [5.41, 5.74) is 1.21. The van der Waals surface area contributed by atoms with Crippen molar-refractivity contribution in [2.45, 2.75) is 26.3 Å². The number of halogens is 1. The molecule has 4 heterocycles. The van der Waals surface area contributed by atoms with E-state index in [0.29, 0.717) is 16.6 Å². The van der Waals surface area contributed by atoms with Gasteiger partial charge in [0.25, 0.3) is 5.91 Å². The average Bonchev–Trinajstić information content (AvgIpc) is 3.20. The number of carbonyl (C=O) groups excluding carboxylic acids is 1. The molecule has 130 valence electrons. The number of fused-ring (bicyclic) bond motifs is 1. The van der Waals surface area contributed by atoms with Gasteiger partial charge < -0.3 is 13.9 Å². The first kappa shape index (κ1) is 16.1. The zero-order chi connectivity index (χ0) is 17.4. The maximum Gasteiger partial charge on any atom is 0.274 e. The lowest BCUT2D eigenvalue weighted by Crippen LogP contribution is -2.41. The largest absolute Gasteiger partial charge is 0.337 e. The van der Waals surface area contributed by atoms with Crippen LogP contribution in [0.1, 0.15) is 29.2 Å². The van der Waals surface area contributed by atoms with Crippen molar-refractivity contribution in [1.82, 2.24) is 23.8 Å². The molecule has 7 heteroatoms. The van der Waals surface area contributed by atoms with Gasteiger partial charge in [-0.15, -0.1) is 0 Å². The summed E-state index contributed by atoms with van der Waals surface area (Å²) in [5, 5.41) is 0.623. The summed E-state index contributed by atoms with van der Waals surface area (Å²) in [4.78, 5) is 23.5. The third-order valence-corrected chi connectivity index (χ3v) is 5.04. The Bertz CT molecular complexity index is 915. The number of imidazole rings is 2. The summed E-state index contributed by atoms with van der Waals surface area (Å²) in [5.74, 6) is 1.45. The Morgan fingerprint density at radius 1 is 1.36 bits per heavy atom. The quantitative estimate of drug-likeness (QED) is 0.724. The van der Waals surface area contributed by atoms with Crippen molar-refractivity contribution in [1.29, 1.82) is 0 Å². The minimum absolute atomic E-state index is 0.00752. The first-order valence-corrected chi connectivity index (χ1v) is 8.89. The lowest BCUT2D eigenvalue weighted by Gasteiger charge is -2.32. The molecular formula is C18H20ClN5O. The van der Waals surface area contributed by atoms with Crippen molar-refractivity contribution in [2.75, 3.05) is 13.1 Å². The van der Waals surface area contributed by atoms with Crippen molar-refractivity contribution >= 4 is 23.2 Å². The first-order valence-electron chi connectivity index (χ1n) is 8.51. The van der Waals surface area contributed by atoms with Crippen LogP contribution in [-0.2, 0) is 6.54 Å². The average molecular weight is 358 g/mol. The monoisotopic (exact) mass is 357 g/mol. The first-order chi connectivity index (χ1) is 12.1. The second kappa shape index (κ2) is 6.52. The van der Waals surface area contributed by atoms with E-state index in [1.165, 1.54) is 0 Å². The molecule has 0 unspecified atom stereocenters. The van der Waals surface area contributed by atoms with Crippen molar-refractivity contribution < 1.29 is 4.79 Å². The van der Waals surface area contributed by atoms with E-state index in [1.807, 2.05) is 30.3 Å². The van der Waals surface area contributed by atoms with Gasteiger partial charge in [-0.2, -0.15) is 0 Å². The topological polar surface area (TPSA) is 55.4 Å². The van der Waals surface area contributed by atoms with Crippen molar-refractivity contribution in [3.63, 3.8) is 0 Å². The molecule has 0 aliphatic carbocycles. The third kappa shape index (κ3) is 3.26. The molecule has 1 amide bonds. The summed E-state index contributed by atoms with van der Waals surface area (Å²) >= 11 is 6.00. The van der Waals surface area contributed by atoms with Gasteiger partial charge in [0.2, 0.25) is 0 Å². The Morgan fingerprint density at radius 2 is 2.24 bits per heavy atom. The smallest absolute Gasteiger partial charge is 0.274 e. The fraction of sp³-hybridized carbons (Fsp3) is 0.389. The zero-order valence-electron chi connectivity index (χ0n) is 14.1. The highest BCUT2D eigenvalue weighted by molar-refractivity contribution is 6.30. The molecule has 0 N–H and O–H groups in total. The molecule has 0 aromatic carbocycles. The van der Waals surface area contributed by atoms with Crippen molar-refractivity contribution in [2.24, 2.45) is 5.92 Å². The lowest BCUT2D eigenvalue weighted by atomic mass is 9.97. The van der Waals surface area contributed by atoms with Gasteiger partial charge >= 0.3 is 0 Å². The van der Waals surface area contributed by atoms with Gasteiger partial charge in [0.15, 0.2) is 0 Å². The highest BCUT2D eigenvalue weighted by Crippen LogP contribution is 2.21. The van der Waals surface area contributed by atoms with Gasteiger partial charge in [0.1, 0.15) is 17.2 Å². The van der Waals surface area contributed by atoms with E-state index in [-0.39, 0.29) is 5.91 Å². The number of carbonyl (C=O) groups is 1. The summed E-state index contributed by atoms with van der Waals surface area (Å²) in [6.45, 7) is 4.45. The summed E-state index contributed by atoms with van der Waals surface area (Å²) in [6, 6.07) is 3.60. The predicted molar refractivity (Wildman–Crippen MR) is 95.8 cm³/mol. The minimum atomic E-state index is -0.00752. The Labute approximate surface area is 151 Å². The number of piperidine rings is 1. The van der Waals surface area contributed by atoms with E-state index < -0.39 is 0 Å². The van der Waals surface area contributed by atoms with Gasteiger partial charge in [-0.1, -0.05) is 11.6 Å². The molecule has 1 fully saturated rings. The predicted octanol–water partition coefficient (Wildman–Crippen LogP) is 3.05. The van der Waals surface area contributed by atoms with Crippen LogP contribution in [0.3, 0.4) is 0 Å². The van der Waals surface area contributed by atoms with Crippen LogP contribution in [0.15, 0.2) is 36.9 Å². The molecule has 25 heavy (non-hydrogen) atoms. The summed E-state index contributed by atoms with van der Waals surface area (Å²) < 4.78 is 3.96. The van der Waals surface area contributed by atoms with Crippen LogP contribution in [0, 0.1) is 12.8 Å². The molecule has 0 spiro atoms. The number of amides is 1. The molecule has 1 saturated heterocycles. The fourth-order valence-electron chi connectivity index (χ4n) is 3.50. The highest BCUT2D eigenvalue weighted by atomic mass is 35.5. The van der Waals surface area contributed by atoms with Crippen LogP contribution >= 0.6 is 11.6 Å². The molecule has 1 atom stereocenters. The number of likely N-dealkylation sites (tertiary alicyclic amines) is 1. The molecule has 1 aliphatic rings. The lowest BCUT2D eigenvalue weighted by molar-refractivity contribution is 0.0657. The molecule has 0 bridgehead atoms. The molecular weight excluding hydrogens is 338 g/mol. The molecule has 4 rings (SSSR count). The van der Waals surface area contributed by atoms with Crippen molar-refractivity contribution in [3.05, 3.63) is 53.5 Å². The second-order valence-electron chi connectivity index (χ2n) is 6.63. The van der Waals surface area contributed by atoms with Crippen LogP contribution in [-0.4, -0.2) is 42.8 Å². The number of nitrogens with zero attached hydrogens (tertiary/aromatic N) is 5. The number of rotatable bonds is 3. The fourth-order valence-corrected chi connectivity index (χ4v) is 3.67. The van der Waals surface area contributed by atoms with Crippen LogP contribution < -0.4 is 0 Å². The van der Waals surface area contributed by atoms with E-state index in [4.69, 9.17) is 11.6 Å². The van der Waals surface area contributed by atoms with E-state index >= 15 is 0 Å². The van der Waals surface area contributed by atoms with Gasteiger partial charge in [-0.05, 0) is 37.8 Å². The van der Waals surface area contributed by atoms with Gasteiger partial charge in [-0.3, -0.25) is 4.79 Å². The third-order valence-electron chi connectivity index (χ3n) is 4.82. The Hall–Kier alpha value is -2.34. The van der Waals surface area contributed by atoms with E-state index in [1.54, 1.807) is 22.9 Å². The van der Waals surface area contributed by atoms with Gasteiger partial charge in [-0.25, -0.2) is 9.97 Å². The number of aryl methyl sites for hydroxylation is 1. The number of hydrogen-bond acceptors (Lipinski definition) is 3. The molecule has 0 radical (unpaired) electrons.